The van der Waals surface area contributed by atoms with Crippen LogP contribution in [0.2, 0.25) is 0 Å². The third-order valence-corrected chi connectivity index (χ3v) is 6.74. The number of likely N-dealkylation sites (tertiary alicyclic amines) is 1. The molecule has 2 aromatic rings. The molecule has 2 saturated heterocycles. The summed E-state index contributed by atoms with van der Waals surface area (Å²) < 4.78 is 11.2. The molecule has 1 aromatic carbocycles. The topological polar surface area (TPSA) is 92.2 Å². The number of nitrogens with zero attached hydrogens (tertiary/aromatic N) is 3. The van der Waals surface area contributed by atoms with E-state index in [0.717, 1.165) is 38.0 Å². The number of ether oxygens (including phenoxy) is 2. The van der Waals surface area contributed by atoms with Gasteiger partial charge in [0.2, 0.25) is 0 Å². The highest BCUT2D eigenvalue weighted by Gasteiger charge is 2.46. The number of pyridine rings is 1. The van der Waals surface area contributed by atoms with Gasteiger partial charge in [0.25, 0.3) is 11.7 Å². The number of hydrogen-bond acceptors (Lipinski definition) is 7. The molecule has 8 heteroatoms. The van der Waals surface area contributed by atoms with Crippen LogP contribution in [0.5, 0.6) is 5.75 Å². The fourth-order valence-corrected chi connectivity index (χ4v) is 4.76. The van der Waals surface area contributed by atoms with Crippen LogP contribution in [0.1, 0.15) is 48.9 Å². The van der Waals surface area contributed by atoms with Gasteiger partial charge >= 0.3 is 0 Å². The van der Waals surface area contributed by atoms with E-state index in [1.807, 2.05) is 19.1 Å². The first-order chi connectivity index (χ1) is 17.5. The summed E-state index contributed by atoms with van der Waals surface area (Å²) in [6.45, 7) is 8.95. The van der Waals surface area contributed by atoms with Gasteiger partial charge in [0.15, 0.2) is 0 Å². The van der Waals surface area contributed by atoms with Crippen LogP contribution in [0.25, 0.3) is 5.76 Å². The number of morpholine rings is 1. The summed E-state index contributed by atoms with van der Waals surface area (Å²) in [5.41, 5.74) is 2.08. The zero-order chi connectivity index (χ0) is 25.5. The number of aliphatic hydroxyl groups excluding tert-OH is 1. The molecular weight excluding hydrogens is 458 g/mol. The number of carbonyl (C=O) groups is 2. The van der Waals surface area contributed by atoms with E-state index in [2.05, 4.69) is 16.8 Å². The maximum absolute atomic E-state index is 13.3. The van der Waals surface area contributed by atoms with Gasteiger partial charge in [-0.05, 0) is 55.2 Å². The van der Waals surface area contributed by atoms with Crippen LogP contribution in [0, 0.1) is 6.92 Å². The lowest BCUT2D eigenvalue weighted by atomic mass is 9.94. The number of amides is 1. The second kappa shape index (κ2) is 12.1. The van der Waals surface area contributed by atoms with E-state index in [1.165, 1.54) is 0 Å². The van der Waals surface area contributed by atoms with Gasteiger partial charge in [-0.25, -0.2) is 0 Å². The number of hydrogen-bond donors (Lipinski definition) is 1. The van der Waals surface area contributed by atoms with Gasteiger partial charge in [-0.1, -0.05) is 19.4 Å². The van der Waals surface area contributed by atoms with Gasteiger partial charge in [0.05, 0.1) is 31.4 Å². The number of aryl methyl sites for hydroxylation is 1. The van der Waals surface area contributed by atoms with Gasteiger partial charge < -0.3 is 19.5 Å². The zero-order valence-electron chi connectivity index (χ0n) is 21.1. The molecule has 0 spiro atoms. The first-order valence-electron chi connectivity index (χ1n) is 12.7. The smallest absolute Gasteiger partial charge is 0.295 e. The molecular formula is C28H35N3O5. The van der Waals surface area contributed by atoms with Crippen molar-refractivity contribution in [1.29, 1.82) is 0 Å². The predicted octanol–water partition coefficient (Wildman–Crippen LogP) is 3.71. The summed E-state index contributed by atoms with van der Waals surface area (Å²) in [6.07, 6.45) is 6.01. The fourth-order valence-electron chi connectivity index (χ4n) is 4.76. The minimum atomic E-state index is -0.691. The van der Waals surface area contributed by atoms with Gasteiger partial charge in [-0.2, -0.15) is 0 Å². The number of benzene rings is 1. The SMILES string of the molecule is CCCCOc1ccc(/C(O)=C2\C(=O)C(=O)N(CCCN3CCOCC3)C2c2cccnc2)c(C)c1. The van der Waals surface area contributed by atoms with E-state index in [4.69, 9.17) is 9.47 Å². The van der Waals surface area contributed by atoms with E-state index >= 15 is 0 Å². The van der Waals surface area contributed by atoms with E-state index in [0.29, 0.717) is 49.7 Å². The second-order valence-electron chi connectivity index (χ2n) is 9.27. The van der Waals surface area contributed by atoms with Crippen LogP contribution in [-0.4, -0.2) is 77.6 Å². The molecule has 3 heterocycles. The molecule has 0 saturated carbocycles. The molecule has 1 unspecified atom stereocenters. The molecule has 4 rings (SSSR count). The molecule has 2 aliphatic heterocycles. The lowest BCUT2D eigenvalue weighted by Gasteiger charge is -2.29. The maximum Gasteiger partial charge on any atom is 0.295 e. The lowest BCUT2D eigenvalue weighted by Crippen LogP contribution is -2.39. The molecule has 1 N–H and O–H groups in total. The van der Waals surface area contributed by atoms with Crippen molar-refractivity contribution in [2.24, 2.45) is 0 Å². The number of ketones is 1. The van der Waals surface area contributed by atoms with Crippen LogP contribution in [0.15, 0.2) is 48.3 Å². The molecule has 0 aliphatic carbocycles. The van der Waals surface area contributed by atoms with E-state index in [9.17, 15) is 14.7 Å². The van der Waals surface area contributed by atoms with Crippen LogP contribution in [-0.2, 0) is 14.3 Å². The third-order valence-electron chi connectivity index (χ3n) is 6.74. The maximum atomic E-state index is 13.3. The van der Waals surface area contributed by atoms with E-state index in [-0.39, 0.29) is 11.3 Å². The van der Waals surface area contributed by atoms with Gasteiger partial charge in [0.1, 0.15) is 11.5 Å². The standard InChI is InChI=1S/C28H35N3O5/c1-3-4-15-36-22-8-9-23(20(2)18-22)26(32)24-25(21-7-5-10-29-19-21)31(28(34)27(24)33)12-6-11-30-13-16-35-17-14-30/h5,7-10,18-19,25,32H,3-4,6,11-17H2,1-2H3/b26-24+. The summed E-state index contributed by atoms with van der Waals surface area (Å²) in [7, 11) is 0. The summed E-state index contributed by atoms with van der Waals surface area (Å²) >= 11 is 0. The average molecular weight is 494 g/mol. The molecule has 36 heavy (non-hydrogen) atoms. The Morgan fingerprint density at radius 2 is 1.97 bits per heavy atom. The summed E-state index contributed by atoms with van der Waals surface area (Å²) in [5.74, 6) is -0.722. The number of carbonyl (C=O) groups excluding carboxylic acids is 2. The van der Waals surface area contributed by atoms with Gasteiger partial charge in [0, 0.05) is 44.1 Å². The molecule has 8 nitrogen and oxygen atoms in total. The highest BCUT2D eigenvalue weighted by Crippen LogP contribution is 2.40. The van der Waals surface area contributed by atoms with Crippen molar-refractivity contribution in [3.63, 3.8) is 0 Å². The number of Topliss-reactive ketones (excluding diaryl/α,β-unsaturated/α-hetero) is 1. The number of unbranched alkanes of at least 4 members (excludes halogenated alkanes) is 1. The Morgan fingerprint density at radius 3 is 2.67 bits per heavy atom. The predicted molar refractivity (Wildman–Crippen MR) is 137 cm³/mol. The van der Waals surface area contributed by atoms with Crippen molar-refractivity contribution in [3.05, 3.63) is 65.0 Å². The lowest BCUT2D eigenvalue weighted by molar-refractivity contribution is -0.140. The Kier molecular flexibility index (Phi) is 8.72. The average Bonchev–Trinajstić information content (AvgIpc) is 3.15. The number of aromatic nitrogens is 1. The van der Waals surface area contributed by atoms with Crippen molar-refractivity contribution in [3.8, 4) is 5.75 Å². The quantitative estimate of drug-likeness (QED) is 0.233. The molecule has 2 aliphatic rings. The van der Waals surface area contributed by atoms with E-state index in [1.54, 1.807) is 35.5 Å². The zero-order valence-corrected chi connectivity index (χ0v) is 21.1. The molecule has 1 amide bonds. The van der Waals surface area contributed by atoms with Gasteiger partial charge in [-0.3, -0.25) is 19.5 Å². The second-order valence-corrected chi connectivity index (χ2v) is 9.27. The van der Waals surface area contributed by atoms with Crippen molar-refractivity contribution in [2.45, 2.75) is 39.2 Å². The Bertz CT molecular complexity index is 1100. The van der Waals surface area contributed by atoms with Crippen LogP contribution >= 0.6 is 0 Å². The van der Waals surface area contributed by atoms with Crippen molar-refractivity contribution >= 4 is 17.4 Å². The largest absolute Gasteiger partial charge is 0.507 e. The minimum Gasteiger partial charge on any atom is -0.507 e. The van der Waals surface area contributed by atoms with Crippen LogP contribution in [0.3, 0.4) is 0 Å². The summed E-state index contributed by atoms with van der Waals surface area (Å²) in [5, 5.41) is 11.4. The Morgan fingerprint density at radius 1 is 1.17 bits per heavy atom. The normalized spacial score (nSPS) is 20.2. The molecule has 1 aromatic heterocycles. The van der Waals surface area contributed by atoms with Crippen LogP contribution < -0.4 is 4.74 Å². The van der Waals surface area contributed by atoms with Crippen molar-refractivity contribution in [2.75, 3.05) is 46.0 Å². The molecule has 0 radical (unpaired) electrons. The highest BCUT2D eigenvalue weighted by atomic mass is 16.5. The third kappa shape index (κ3) is 5.77. The number of rotatable bonds is 10. The molecule has 192 valence electrons. The van der Waals surface area contributed by atoms with Crippen molar-refractivity contribution < 1.29 is 24.2 Å². The highest BCUT2D eigenvalue weighted by molar-refractivity contribution is 6.46. The Balaban J connectivity index is 1.62. The van der Waals surface area contributed by atoms with Crippen molar-refractivity contribution in [1.82, 2.24) is 14.8 Å². The summed E-state index contributed by atoms with van der Waals surface area (Å²) in [4.78, 5) is 34.5. The summed E-state index contributed by atoms with van der Waals surface area (Å²) in [6, 6.07) is 8.30. The first-order valence-corrected chi connectivity index (χ1v) is 12.7. The molecule has 2 fully saturated rings. The Labute approximate surface area is 212 Å². The molecule has 0 bridgehead atoms. The monoisotopic (exact) mass is 493 g/mol. The fraction of sp³-hybridized carbons (Fsp3) is 0.464. The minimum absolute atomic E-state index is 0.0992. The van der Waals surface area contributed by atoms with Crippen LogP contribution in [0.4, 0.5) is 0 Å². The van der Waals surface area contributed by atoms with Gasteiger partial charge in [-0.15, -0.1) is 0 Å². The number of aliphatic hydroxyl groups is 1. The van der Waals surface area contributed by atoms with E-state index < -0.39 is 17.7 Å². The first kappa shape index (κ1) is 25.9. The molecule has 1 atom stereocenters. The Hall–Kier alpha value is -3.23.